The van der Waals surface area contributed by atoms with E-state index in [1.807, 2.05) is 20.9 Å². The van der Waals surface area contributed by atoms with Gasteiger partial charge in [0.05, 0.1) is 41.6 Å². The normalized spacial score (nSPS) is 13.5. The van der Waals surface area contributed by atoms with Crippen LogP contribution in [0.25, 0.3) is 0 Å². The molecule has 9 nitrogen and oxygen atoms in total. The lowest BCUT2D eigenvalue weighted by atomic mass is 10.1. The number of nitrogens with zero attached hydrogens (tertiary/aromatic N) is 5. The number of hydrogen-bond acceptors (Lipinski definition) is 5. The Morgan fingerprint density at radius 2 is 2.08 bits per heavy atom. The van der Waals surface area contributed by atoms with E-state index in [2.05, 4.69) is 15.5 Å². The largest absolute Gasteiger partial charge is 0.390 e. The Balaban J connectivity index is 2.02. The number of rotatable bonds is 6. The summed E-state index contributed by atoms with van der Waals surface area (Å²) in [6.07, 6.45) is 1.74. The second-order valence-electron chi connectivity index (χ2n) is 6.02. The van der Waals surface area contributed by atoms with E-state index in [4.69, 9.17) is 0 Å². The number of aryl methyl sites for hydroxylation is 2. The lowest BCUT2D eigenvalue weighted by Crippen LogP contribution is -2.34. The van der Waals surface area contributed by atoms with Crippen molar-refractivity contribution >= 4 is 11.7 Å². The Morgan fingerprint density at radius 1 is 1.42 bits per heavy atom. The monoisotopic (exact) mass is 334 g/mol. The van der Waals surface area contributed by atoms with Crippen LogP contribution in [0.15, 0.2) is 12.3 Å². The molecule has 0 saturated carbocycles. The van der Waals surface area contributed by atoms with Crippen molar-refractivity contribution in [2.24, 2.45) is 13.0 Å². The van der Waals surface area contributed by atoms with Gasteiger partial charge in [-0.25, -0.2) is 0 Å². The molecule has 0 aliphatic heterocycles. The topological polar surface area (TPSA) is 108 Å². The molecule has 2 rings (SSSR count). The number of nitrogens with one attached hydrogen (secondary N) is 1. The van der Waals surface area contributed by atoms with Gasteiger partial charge in [-0.3, -0.25) is 9.48 Å². The van der Waals surface area contributed by atoms with Crippen LogP contribution >= 0.6 is 0 Å². The average molecular weight is 334 g/mol. The maximum atomic E-state index is 12.4. The third-order valence-corrected chi connectivity index (χ3v) is 4.15. The first-order valence-electron chi connectivity index (χ1n) is 7.68. The van der Waals surface area contributed by atoms with Gasteiger partial charge < -0.3 is 15.4 Å². The average Bonchev–Trinajstić information content (AvgIpc) is 3.03. The van der Waals surface area contributed by atoms with Gasteiger partial charge in [-0.2, -0.15) is 9.78 Å². The van der Waals surface area contributed by atoms with E-state index in [0.29, 0.717) is 5.69 Å². The molecule has 2 aromatic heterocycles. The van der Waals surface area contributed by atoms with Gasteiger partial charge in [-0.1, -0.05) is 6.92 Å². The van der Waals surface area contributed by atoms with Crippen LogP contribution in [0.5, 0.6) is 0 Å². The number of aromatic nitrogens is 4. The minimum absolute atomic E-state index is 0.136. The highest BCUT2D eigenvalue weighted by atomic mass is 16.6. The lowest BCUT2D eigenvalue weighted by molar-refractivity contribution is -0.389. The highest BCUT2D eigenvalue weighted by Gasteiger charge is 2.22. The number of amides is 1. The van der Waals surface area contributed by atoms with Crippen molar-refractivity contribution < 1.29 is 9.72 Å². The molecule has 1 amide bonds. The zero-order chi connectivity index (χ0) is 18.0. The van der Waals surface area contributed by atoms with Crippen LogP contribution in [-0.2, 0) is 18.4 Å². The molecular weight excluding hydrogens is 312 g/mol. The lowest BCUT2D eigenvalue weighted by Gasteiger charge is -2.17. The molecule has 0 aliphatic rings. The van der Waals surface area contributed by atoms with Crippen molar-refractivity contribution in [1.82, 2.24) is 24.9 Å². The standard InChI is InChI=1S/C15H22N6O3/c1-9(8-20-10(2)6-14(18-20)21(23)24)15(22)17-11(3)13-7-16-19(5)12(13)4/h6-7,9,11H,8H2,1-5H3,(H,17,22). The molecule has 2 atom stereocenters. The van der Waals surface area contributed by atoms with Crippen LogP contribution in [0.1, 0.15) is 36.8 Å². The minimum Gasteiger partial charge on any atom is -0.358 e. The molecular formula is C15H22N6O3. The van der Waals surface area contributed by atoms with Crippen molar-refractivity contribution in [1.29, 1.82) is 0 Å². The second kappa shape index (κ2) is 6.81. The molecule has 24 heavy (non-hydrogen) atoms. The first-order chi connectivity index (χ1) is 11.2. The van der Waals surface area contributed by atoms with Crippen LogP contribution < -0.4 is 5.32 Å². The van der Waals surface area contributed by atoms with E-state index in [1.54, 1.807) is 24.7 Å². The molecule has 0 bridgehead atoms. The van der Waals surface area contributed by atoms with Crippen LogP contribution in [0.2, 0.25) is 0 Å². The van der Waals surface area contributed by atoms with Gasteiger partial charge >= 0.3 is 5.82 Å². The summed E-state index contributed by atoms with van der Waals surface area (Å²) in [6, 6.07) is 1.23. The van der Waals surface area contributed by atoms with E-state index in [-0.39, 0.29) is 30.2 Å². The molecule has 2 heterocycles. The van der Waals surface area contributed by atoms with Gasteiger partial charge in [-0.15, -0.1) is 0 Å². The van der Waals surface area contributed by atoms with E-state index in [0.717, 1.165) is 11.3 Å². The zero-order valence-electron chi connectivity index (χ0n) is 14.5. The molecule has 0 aliphatic carbocycles. The quantitative estimate of drug-likeness (QED) is 0.638. The van der Waals surface area contributed by atoms with E-state index in [9.17, 15) is 14.9 Å². The molecule has 1 N–H and O–H groups in total. The van der Waals surface area contributed by atoms with Crippen molar-refractivity contribution in [3.63, 3.8) is 0 Å². The third-order valence-electron chi connectivity index (χ3n) is 4.15. The van der Waals surface area contributed by atoms with E-state index in [1.165, 1.54) is 10.7 Å². The Kier molecular flexibility index (Phi) is 5.01. The van der Waals surface area contributed by atoms with Crippen LogP contribution in [0, 0.1) is 29.9 Å². The van der Waals surface area contributed by atoms with Crippen LogP contribution in [0.3, 0.4) is 0 Å². The van der Waals surface area contributed by atoms with Gasteiger partial charge in [0.25, 0.3) is 0 Å². The molecule has 0 fully saturated rings. The van der Waals surface area contributed by atoms with Crippen molar-refractivity contribution in [2.75, 3.05) is 0 Å². The predicted octanol–water partition coefficient (Wildman–Crippen LogP) is 1.66. The Hall–Kier alpha value is -2.71. The summed E-state index contributed by atoms with van der Waals surface area (Å²) >= 11 is 0. The van der Waals surface area contributed by atoms with Gasteiger partial charge in [0.1, 0.15) is 0 Å². The predicted molar refractivity (Wildman–Crippen MR) is 87.3 cm³/mol. The van der Waals surface area contributed by atoms with Crippen LogP contribution in [-0.4, -0.2) is 30.4 Å². The second-order valence-corrected chi connectivity index (χ2v) is 6.02. The maximum absolute atomic E-state index is 12.4. The summed E-state index contributed by atoms with van der Waals surface area (Å²) in [5.74, 6) is -0.717. The van der Waals surface area contributed by atoms with Gasteiger partial charge in [0, 0.05) is 18.3 Å². The molecule has 0 spiro atoms. The summed E-state index contributed by atoms with van der Waals surface area (Å²) in [5.41, 5.74) is 2.61. The van der Waals surface area contributed by atoms with Crippen molar-refractivity contribution in [3.8, 4) is 0 Å². The molecule has 0 aromatic carbocycles. The Bertz CT molecular complexity index is 763. The van der Waals surface area contributed by atoms with Crippen molar-refractivity contribution in [2.45, 2.75) is 40.3 Å². The summed E-state index contributed by atoms with van der Waals surface area (Å²) in [6.45, 7) is 7.63. The van der Waals surface area contributed by atoms with E-state index < -0.39 is 4.92 Å². The Morgan fingerprint density at radius 3 is 2.58 bits per heavy atom. The zero-order valence-corrected chi connectivity index (χ0v) is 14.5. The summed E-state index contributed by atoms with van der Waals surface area (Å²) in [7, 11) is 1.85. The van der Waals surface area contributed by atoms with Gasteiger partial charge in [0.15, 0.2) is 0 Å². The minimum atomic E-state index is -0.540. The molecule has 0 saturated heterocycles. The maximum Gasteiger partial charge on any atom is 0.390 e. The SMILES string of the molecule is Cc1c(C(C)NC(=O)C(C)Cn2nc([N+](=O)[O-])cc2C)cnn1C. The highest BCUT2D eigenvalue weighted by molar-refractivity contribution is 5.78. The number of nitro groups is 1. The van der Waals surface area contributed by atoms with Gasteiger partial charge in [-0.05, 0) is 25.7 Å². The molecule has 2 aromatic rings. The summed E-state index contributed by atoms with van der Waals surface area (Å²) in [4.78, 5) is 22.6. The first kappa shape index (κ1) is 17.6. The highest BCUT2D eigenvalue weighted by Crippen LogP contribution is 2.17. The fraction of sp³-hybridized carbons (Fsp3) is 0.533. The first-order valence-corrected chi connectivity index (χ1v) is 7.68. The fourth-order valence-corrected chi connectivity index (χ4v) is 2.48. The molecule has 130 valence electrons. The molecule has 0 radical (unpaired) electrons. The van der Waals surface area contributed by atoms with Crippen molar-refractivity contribution in [3.05, 3.63) is 39.3 Å². The number of hydrogen-bond donors (Lipinski definition) is 1. The molecule has 2 unspecified atom stereocenters. The van der Waals surface area contributed by atoms with Crippen LogP contribution in [0.4, 0.5) is 5.82 Å². The molecule has 9 heteroatoms. The number of carbonyl (C=O) groups excluding carboxylic acids is 1. The summed E-state index contributed by atoms with van der Waals surface area (Å²) < 4.78 is 3.25. The third kappa shape index (κ3) is 3.61. The van der Waals surface area contributed by atoms with Gasteiger partial charge in [0.2, 0.25) is 5.91 Å². The number of carbonyl (C=O) groups is 1. The van der Waals surface area contributed by atoms with E-state index >= 15 is 0 Å². The summed E-state index contributed by atoms with van der Waals surface area (Å²) in [5, 5.41) is 21.8. The smallest absolute Gasteiger partial charge is 0.358 e. The Labute approximate surface area is 139 Å². The fourth-order valence-electron chi connectivity index (χ4n) is 2.48.